The molecule has 0 saturated heterocycles. The number of pyridine rings is 1. The molecule has 2 heterocycles. The van der Waals surface area contributed by atoms with E-state index >= 15 is 0 Å². The van der Waals surface area contributed by atoms with E-state index in [1.807, 2.05) is 18.2 Å². The van der Waals surface area contributed by atoms with Crippen LogP contribution < -0.4 is 15.7 Å². The Bertz CT molecular complexity index is 1200. The van der Waals surface area contributed by atoms with E-state index in [4.69, 9.17) is 9.15 Å². The lowest BCUT2D eigenvalue weighted by Gasteiger charge is -2.11. The predicted molar refractivity (Wildman–Crippen MR) is 103 cm³/mol. The van der Waals surface area contributed by atoms with Crippen molar-refractivity contribution in [3.05, 3.63) is 76.8 Å². The average Bonchev–Trinajstić information content (AvgIpc) is 2.69. The van der Waals surface area contributed by atoms with Crippen LogP contribution in [0.2, 0.25) is 0 Å². The molecule has 0 fully saturated rings. The standard InChI is InChI=1S/C21H16N2O4/c1-13-17(26-12-19(24)23-18-8-4-5-11-22-18)10-9-15-14-6-2-3-7-16(14)21(25)27-20(13)15/h2-11H,12H2,1H3,(H,22,23,24). The Morgan fingerprint density at radius 3 is 2.59 bits per heavy atom. The summed E-state index contributed by atoms with van der Waals surface area (Å²) in [6.45, 7) is 1.62. The van der Waals surface area contributed by atoms with Crippen LogP contribution in [-0.4, -0.2) is 17.5 Å². The smallest absolute Gasteiger partial charge is 0.344 e. The lowest BCUT2D eigenvalue weighted by molar-refractivity contribution is -0.118. The van der Waals surface area contributed by atoms with Crippen LogP contribution in [0.15, 0.2) is 70.0 Å². The summed E-state index contributed by atoms with van der Waals surface area (Å²) in [7, 11) is 0. The van der Waals surface area contributed by atoms with Gasteiger partial charge in [0.15, 0.2) is 6.61 Å². The number of benzene rings is 2. The first-order chi connectivity index (χ1) is 13.1. The van der Waals surface area contributed by atoms with Crippen molar-refractivity contribution < 1.29 is 13.9 Å². The molecule has 6 nitrogen and oxygen atoms in total. The second-order valence-electron chi connectivity index (χ2n) is 6.05. The second kappa shape index (κ2) is 6.92. The highest BCUT2D eigenvalue weighted by Gasteiger charge is 2.13. The molecule has 2 aromatic carbocycles. The van der Waals surface area contributed by atoms with Crippen molar-refractivity contribution in [3.8, 4) is 5.75 Å². The number of aromatic nitrogens is 1. The van der Waals surface area contributed by atoms with E-state index in [2.05, 4.69) is 10.3 Å². The molecule has 0 aliphatic rings. The van der Waals surface area contributed by atoms with Crippen molar-refractivity contribution in [2.45, 2.75) is 6.92 Å². The van der Waals surface area contributed by atoms with Crippen LogP contribution in [0, 0.1) is 6.92 Å². The van der Waals surface area contributed by atoms with Crippen molar-refractivity contribution in [3.63, 3.8) is 0 Å². The summed E-state index contributed by atoms with van der Waals surface area (Å²) in [4.78, 5) is 28.3. The maximum absolute atomic E-state index is 12.2. The third kappa shape index (κ3) is 3.25. The highest BCUT2D eigenvalue weighted by Crippen LogP contribution is 2.30. The molecule has 1 amide bonds. The van der Waals surface area contributed by atoms with Crippen LogP contribution in [0.3, 0.4) is 0 Å². The molecule has 27 heavy (non-hydrogen) atoms. The van der Waals surface area contributed by atoms with Crippen LogP contribution in [-0.2, 0) is 4.79 Å². The zero-order chi connectivity index (χ0) is 18.8. The lowest BCUT2D eigenvalue weighted by atomic mass is 10.0. The molecule has 0 atom stereocenters. The molecule has 1 N–H and O–H groups in total. The van der Waals surface area contributed by atoms with Crippen LogP contribution in [0.25, 0.3) is 21.7 Å². The number of carbonyl (C=O) groups is 1. The number of hydrogen-bond donors (Lipinski definition) is 1. The van der Waals surface area contributed by atoms with Crippen LogP contribution in [0.1, 0.15) is 5.56 Å². The van der Waals surface area contributed by atoms with E-state index in [1.54, 1.807) is 49.5 Å². The third-order valence-corrected chi connectivity index (χ3v) is 4.28. The molecular formula is C21H16N2O4. The minimum absolute atomic E-state index is 0.180. The minimum Gasteiger partial charge on any atom is -0.483 e. The molecule has 134 valence electrons. The number of rotatable bonds is 4. The topological polar surface area (TPSA) is 81.4 Å². The summed E-state index contributed by atoms with van der Waals surface area (Å²) in [5, 5.41) is 4.84. The van der Waals surface area contributed by atoms with Gasteiger partial charge in [0.05, 0.1) is 5.39 Å². The van der Waals surface area contributed by atoms with Gasteiger partial charge in [-0.1, -0.05) is 24.3 Å². The van der Waals surface area contributed by atoms with Gasteiger partial charge in [-0.3, -0.25) is 4.79 Å². The molecule has 0 aliphatic carbocycles. The van der Waals surface area contributed by atoms with Gasteiger partial charge in [0.2, 0.25) is 0 Å². The zero-order valence-corrected chi connectivity index (χ0v) is 14.6. The first kappa shape index (κ1) is 16.8. The summed E-state index contributed by atoms with van der Waals surface area (Å²) >= 11 is 0. The number of ether oxygens (including phenoxy) is 1. The zero-order valence-electron chi connectivity index (χ0n) is 14.6. The Kier molecular flexibility index (Phi) is 4.30. The maximum Gasteiger partial charge on any atom is 0.344 e. The third-order valence-electron chi connectivity index (χ3n) is 4.28. The normalized spacial score (nSPS) is 10.9. The molecule has 4 aromatic rings. The Morgan fingerprint density at radius 1 is 1.04 bits per heavy atom. The lowest BCUT2D eigenvalue weighted by Crippen LogP contribution is -2.21. The van der Waals surface area contributed by atoms with E-state index < -0.39 is 5.63 Å². The molecule has 4 rings (SSSR count). The maximum atomic E-state index is 12.2. The molecule has 6 heteroatoms. The molecular weight excluding hydrogens is 344 g/mol. The number of anilines is 1. The van der Waals surface area contributed by atoms with Crippen molar-refractivity contribution >= 4 is 33.5 Å². The Balaban J connectivity index is 1.61. The Hall–Kier alpha value is -3.67. The number of nitrogens with one attached hydrogen (secondary N) is 1. The van der Waals surface area contributed by atoms with Gasteiger partial charge < -0.3 is 14.5 Å². The summed E-state index contributed by atoms with van der Waals surface area (Å²) < 4.78 is 11.1. The molecule has 0 bridgehead atoms. The summed E-state index contributed by atoms with van der Waals surface area (Å²) in [6, 6.07) is 16.2. The van der Waals surface area contributed by atoms with E-state index in [0.29, 0.717) is 28.1 Å². The van der Waals surface area contributed by atoms with E-state index in [1.165, 1.54) is 0 Å². The number of hydrogen-bond acceptors (Lipinski definition) is 5. The van der Waals surface area contributed by atoms with Gasteiger partial charge in [-0.05, 0) is 42.6 Å². The van der Waals surface area contributed by atoms with Crippen molar-refractivity contribution in [2.75, 3.05) is 11.9 Å². The van der Waals surface area contributed by atoms with Crippen LogP contribution in [0.4, 0.5) is 5.82 Å². The highest BCUT2D eigenvalue weighted by molar-refractivity contribution is 6.05. The number of aryl methyl sites for hydroxylation is 1. The van der Waals surface area contributed by atoms with Crippen molar-refractivity contribution in [1.82, 2.24) is 4.98 Å². The minimum atomic E-state index is -0.397. The number of amides is 1. The molecule has 2 aromatic heterocycles. The first-order valence-electron chi connectivity index (χ1n) is 8.42. The SMILES string of the molecule is Cc1c(OCC(=O)Nc2ccccn2)ccc2c1oc(=O)c1ccccc12. The van der Waals surface area contributed by atoms with E-state index in [0.717, 1.165) is 10.8 Å². The molecule has 0 aliphatic heterocycles. The number of carbonyl (C=O) groups excluding carboxylic acids is 1. The predicted octanol–water partition coefficient (Wildman–Crippen LogP) is 3.67. The fourth-order valence-corrected chi connectivity index (χ4v) is 2.98. The average molecular weight is 360 g/mol. The van der Waals surface area contributed by atoms with Gasteiger partial charge in [-0.25, -0.2) is 9.78 Å². The van der Waals surface area contributed by atoms with E-state index in [9.17, 15) is 9.59 Å². The quantitative estimate of drug-likeness (QED) is 0.444. The number of nitrogens with zero attached hydrogens (tertiary/aromatic N) is 1. The summed E-state index contributed by atoms with van der Waals surface area (Å²) in [5.74, 6) is 0.615. The second-order valence-corrected chi connectivity index (χ2v) is 6.05. The van der Waals surface area contributed by atoms with Crippen molar-refractivity contribution in [2.24, 2.45) is 0 Å². The van der Waals surface area contributed by atoms with Crippen molar-refractivity contribution in [1.29, 1.82) is 0 Å². The van der Waals surface area contributed by atoms with Gasteiger partial charge in [0.1, 0.15) is 17.2 Å². The number of fused-ring (bicyclic) bond motifs is 3. The van der Waals surface area contributed by atoms with Gasteiger partial charge in [0, 0.05) is 17.1 Å². The molecule has 0 radical (unpaired) electrons. The Labute approximate surface area is 154 Å². The largest absolute Gasteiger partial charge is 0.483 e. The van der Waals surface area contributed by atoms with Gasteiger partial charge in [0.25, 0.3) is 5.91 Å². The fraction of sp³-hybridized carbons (Fsp3) is 0.0952. The molecule has 0 spiro atoms. The highest BCUT2D eigenvalue weighted by atomic mass is 16.5. The first-order valence-corrected chi connectivity index (χ1v) is 8.42. The van der Waals surface area contributed by atoms with Gasteiger partial charge >= 0.3 is 5.63 Å². The Morgan fingerprint density at radius 2 is 1.81 bits per heavy atom. The molecule has 0 unspecified atom stereocenters. The van der Waals surface area contributed by atoms with Crippen LogP contribution in [0.5, 0.6) is 5.75 Å². The monoisotopic (exact) mass is 360 g/mol. The van der Waals surface area contributed by atoms with E-state index in [-0.39, 0.29) is 12.5 Å². The summed E-state index contributed by atoms with van der Waals surface area (Å²) in [5.41, 5.74) is 0.730. The fourth-order valence-electron chi connectivity index (χ4n) is 2.98. The summed E-state index contributed by atoms with van der Waals surface area (Å²) in [6.07, 6.45) is 1.59. The van der Waals surface area contributed by atoms with Crippen LogP contribution >= 0.6 is 0 Å². The molecule has 0 saturated carbocycles. The van der Waals surface area contributed by atoms with Gasteiger partial charge in [-0.15, -0.1) is 0 Å². The van der Waals surface area contributed by atoms with Gasteiger partial charge in [-0.2, -0.15) is 0 Å².